The van der Waals surface area contributed by atoms with Crippen LogP contribution in [0.4, 0.5) is 8.78 Å². The Morgan fingerprint density at radius 1 is 1.10 bits per heavy atom. The van der Waals surface area contributed by atoms with E-state index in [9.17, 15) is 18.4 Å². The summed E-state index contributed by atoms with van der Waals surface area (Å²) in [5.41, 5.74) is 0.474. The fourth-order valence-electron chi connectivity index (χ4n) is 1.54. The lowest BCUT2D eigenvalue weighted by atomic mass is 10.1. The maximum Gasteiger partial charge on any atom is 0.331 e. The van der Waals surface area contributed by atoms with Crippen molar-refractivity contribution in [2.45, 2.75) is 20.3 Å². The highest BCUT2D eigenvalue weighted by atomic mass is 19.1. The molecule has 1 aromatic carbocycles. The van der Waals surface area contributed by atoms with Gasteiger partial charge in [-0.05, 0) is 38.0 Å². The van der Waals surface area contributed by atoms with Crippen LogP contribution in [0.15, 0.2) is 29.3 Å². The molecule has 0 fully saturated rings. The van der Waals surface area contributed by atoms with E-state index in [1.165, 1.54) is 26.0 Å². The molecule has 0 aliphatic rings. The lowest BCUT2D eigenvalue weighted by Gasteiger charge is -2.07. The molecule has 0 bridgehead atoms. The van der Waals surface area contributed by atoms with Crippen molar-refractivity contribution >= 4 is 11.9 Å². The lowest BCUT2D eigenvalue weighted by Crippen LogP contribution is -2.27. The number of carboxylic acids is 1. The van der Waals surface area contributed by atoms with Crippen molar-refractivity contribution in [1.82, 2.24) is 5.32 Å². The summed E-state index contributed by atoms with van der Waals surface area (Å²) in [6.45, 7) is 2.89. The third-order valence-electron chi connectivity index (χ3n) is 2.85. The van der Waals surface area contributed by atoms with Gasteiger partial charge in [0.25, 0.3) is 0 Å². The van der Waals surface area contributed by atoms with Crippen molar-refractivity contribution in [2.75, 3.05) is 6.54 Å². The van der Waals surface area contributed by atoms with Gasteiger partial charge in [0.2, 0.25) is 5.91 Å². The quantitative estimate of drug-likeness (QED) is 0.813. The molecule has 0 aromatic heterocycles. The SMILES string of the molecule is CC(C(=O)O)=C(C)C(=O)NCCc1cc(F)cc(F)c1. The largest absolute Gasteiger partial charge is 0.478 e. The first-order chi connectivity index (χ1) is 9.31. The topological polar surface area (TPSA) is 66.4 Å². The monoisotopic (exact) mass is 283 g/mol. The number of benzene rings is 1. The smallest absolute Gasteiger partial charge is 0.331 e. The highest BCUT2D eigenvalue weighted by Crippen LogP contribution is 2.08. The summed E-state index contributed by atoms with van der Waals surface area (Å²) in [7, 11) is 0. The molecule has 1 amide bonds. The lowest BCUT2D eigenvalue weighted by molar-refractivity contribution is -0.133. The highest BCUT2D eigenvalue weighted by molar-refractivity contribution is 6.01. The second-order valence-electron chi connectivity index (χ2n) is 4.34. The summed E-state index contributed by atoms with van der Waals surface area (Å²) in [6, 6.07) is 3.13. The minimum Gasteiger partial charge on any atom is -0.478 e. The summed E-state index contributed by atoms with van der Waals surface area (Å²) >= 11 is 0. The molecule has 1 rings (SSSR count). The first-order valence-corrected chi connectivity index (χ1v) is 5.95. The standard InChI is InChI=1S/C14H15F2NO3/c1-8(9(2)14(19)20)13(18)17-4-3-10-5-11(15)7-12(16)6-10/h5-7H,3-4H2,1-2H3,(H,17,18)(H,19,20). The van der Waals surface area contributed by atoms with Crippen LogP contribution in [0.25, 0.3) is 0 Å². The van der Waals surface area contributed by atoms with Crippen molar-refractivity contribution < 1.29 is 23.5 Å². The predicted octanol–water partition coefficient (Wildman–Crippen LogP) is 2.04. The van der Waals surface area contributed by atoms with Crippen molar-refractivity contribution in [1.29, 1.82) is 0 Å². The number of amides is 1. The second-order valence-corrected chi connectivity index (χ2v) is 4.34. The van der Waals surface area contributed by atoms with Crippen molar-refractivity contribution in [3.05, 3.63) is 46.5 Å². The molecule has 0 aliphatic heterocycles. The third-order valence-corrected chi connectivity index (χ3v) is 2.85. The molecule has 0 spiro atoms. The Morgan fingerprint density at radius 2 is 1.65 bits per heavy atom. The number of carbonyl (C=O) groups excluding carboxylic acids is 1. The van der Waals surface area contributed by atoms with E-state index in [4.69, 9.17) is 5.11 Å². The fraction of sp³-hybridized carbons (Fsp3) is 0.286. The predicted molar refractivity (Wildman–Crippen MR) is 69.1 cm³/mol. The Kier molecular flexibility index (Phi) is 5.37. The summed E-state index contributed by atoms with van der Waals surface area (Å²) in [5, 5.41) is 11.2. The molecule has 0 heterocycles. The Morgan fingerprint density at radius 3 is 2.15 bits per heavy atom. The van der Waals surface area contributed by atoms with Crippen LogP contribution in [-0.4, -0.2) is 23.5 Å². The van der Waals surface area contributed by atoms with Crippen LogP contribution < -0.4 is 5.32 Å². The van der Waals surface area contributed by atoms with Crippen LogP contribution in [0.2, 0.25) is 0 Å². The van der Waals surface area contributed by atoms with Crippen LogP contribution in [0.3, 0.4) is 0 Å². The van der Waals surface area contributed by atoms with Gasteiger partial charge >= 0.3 is 5.97 Å². The molecule has 6 heteroatoms. The van der Waals surface area contributed by atoms with Crippen LogP contribution >= 0.6 is 0 Å². The average molecular weight is 283 g/mol. The molecule has 1 aromatic rings. The average Bonchev–Trinajstić information content (AvgIpc) is 2.35. The normalized spacial score (nSPS) is 11.8. The zero-order valence-corrected chi connectivity index (χ0v) is 11.2. The second kappa shape index (κ2) is 6.79. The summed E-state index contributed by atoms with van der Waals surface area (Å²) in [6.07, 6.45) is 0.250. The van der Waals surface area contributed by atoms with Crippen LogP contribution in [0, 0.1) is 11.6 Å². The third kappa shape index (κ3) is 4.46. The molecule has 108 valence electrons. The summed E-state index contributed by atoms with van der Waals surface area (Å²) in [4.78, 5) is 22.3. The van der Waals surface area contributed by atoms with E-state index >= 15 is 0 Å². The van der Waals surface area contributed by atoms with Crippen LogP contribution in [-0.2, 0) is 16.0 Å². The molecular weight excluding hydrogens is 268 g/mol. The molecule has 4 nitrogen and oxygen atoms in total. The van der Waals surface area contributed by atoms with Crippen LogP contribution in [0.1, 0.15) is 19.4 Å². The molecular formula is C14H15F2NO3. The van der Waals surface area contributed by atoms with Gasteiger partial charge in [-0.1, -0.05) is 0 Å². The fourth-order valence-corrected chi connectivity index (χ4v) is 1.54. The minimum atomic E-state index is -1.16. The number of rotatable bonds is 5. The summed E-state index contributed by atoms with van der Waals surface area (Å²) in [5.74, 6) is -3.03. The maximum atomic E-state index is 12.9. The molecule has 2 N–H and O–H groups in total. The van der Waals surface area contributed by atoms with Gasteiger partial charge < -0.3 is 10.4 Å². The highest BCUT2D eigenvalue weighted by Gasteiger charge is 2.12. The Labute approximate surface area is 115 Å². The maximum absolute atomic E-state index is 12.9. The Balaban J connectivity index is 2.58. The van der Waals surface area contributed by atoms with Gasteiger partial charge in [0.1, 0.15) is 11.6 Å². The van der Waals surface area contributed by atoms with Crippen LogP contribution in [0.5, 0.6) is 0 Å². The first-order valence-electron chi connectivity index (χ1n) is 5.95. The van der Waals surface area contributed by atoms with Gasteiger partial charge in [-0.15, -0.1) is 0 Å². The van der Waals surface area contributed by atoms with Gasteiger partial charge in [-0.2, -0.15) is 0 Å². The Bertz CT molecular complexity index is 547. The van der Waals surface area contributed by atoms with Gasteiger partial charge in [0.15, 0.2) is 0 Å². The van der Waals surface area contributed by atoms with Gasteiger partial charge in [0.05, 0.1) is 0 Å². The number of halogens is 2. The number of carboxylic acid groups (broad SMARTS) is 1. The summed E-state index contributed by atoms with van der Waals surface area (Å²) < 4.78 is 25.9. The molecule has 0 unspecified atom stereocenters. The molecule has 0 saturated heterocycles. The number of carbonyl (C=O) groups is 2. The van der Waals surface area contributed by atoms with Crippen molar-refractivity contribution in [3.8, 4) is 0 Å². The molecule has 20 heavy (non-hydrogen) atoms. The van der Waals surface area contributed by atoms with E-state index in [1.807, 2.05) is 0 Å². The zero-order chi connectivity index (χ0) is 15.3. The van der Waals surface area contributed by atoms with E-state index in [0.29, 0.717) is 5.56 Å². The Hall–Kier alpha value is -2.24. The van der Waals surface area contributed by atoms with E-state index in [2.05, 4.69) is 5.32 Å². The van der Waals surface area contributed by atoms with Gasteiger partial charge in [-0.25, -0.2) is 13.6 Å². The van der Waals surface area contributed by atoms with E-state index in [1.54, 1.807) is 0 Å². The molecule has 0 saturated carbocycles. The number of aliphatic carboxylic acids is 1. The van der Waals surface area contributed by atoms with E-state index in [-0.39, 0.29) is 24.1 Å². The van der Waals surface area contributed by atoms with E-state index in [0.717, 1.165) is 6.07 Å². The zero-order valence-electron chi connectivity index (χ0n) is 11.2. The van der Waals surface area contributed by atoms with Gasteiger partial charge in [0, 0.05) is 23.8 Å². The van der Waals surface area contributed by atoms with E-state index < -0.39 is 23.5 Å². The molecule has 0 atom stereocenters. The number of hydrogen-bond donors (Lipinski definition) is 2. The number of hydrogen-bond acceptors (Lipinski definition) is 2. The minimum absolute atomic E-state index is 0.0423. The first kappa shape index (κ1) is 15.8. The molecule has 0 aliphatic carbocycles. The van der Waals surface area contributed by atoms with Crippen molar-refractivity contribution in [2.24, 2.45) is 0 Å². The molecule has 0 radical (unpaired) electrons. The van der Waals surface area contributed by atoms with Gasteiger partial charge in [-0.3, -0.25) is 4.79 Å². The van der Waals surface area contributed by atoms with Crippen molar-refractivity contribution in [3.63, 3.8) is 0 Å². The number of nitrogens with one attached hydrogen (secondary N) is 1.